The summed E-state index contributed by atoms with van der Waals surface area (Å²) in [6.45, 7) is 1.73. The molecule has 2 aromatic rings. The molecular formula is C18H18FNO4. The predicted molar refractivity (Wildman–Crippen MR) is 85.8 cm³/mol. The molecule has 6 heteroatoms. The quantitative estimate of drug-likeness (QED) is 0.884. The molecule has 0 radical (unpaired) electrons. The fraction of sp³-hybridized carbons (Fsp3) is 0.278. The number of halogens is 1. The van der Waals surface area contributed by atoms with Crippen molar-refractivity contribution in [2.24, 2.45) is 0 Å². The zero-order chi connectivity index (χ0) is 16.8. The van der Waals surface area contributed by atoms with E-state index in [-0.39, 0.29) is 24.8 Å². The summed E-state index contributed by atoms with van der Waals surface area (Å²) in [7, 11) is 0. The van der Waals surface area contributed by atoms with E-state index in [4.69, 9.17) is 14.2 Å². The molecule has 0 unspecified atom stereocenters. The van der Waals surface area contributed by atoms with Crippen molar-refractivity contribution in [1.29, 1.82) is 0 Å². The number of fused-ring (bicyclic) bond motifs is 1. The van der Waals surface area contributed by atoms with Crippen LogP contribution in [0.25, 0.3) is 0 Å². The summed E-state index contributed by atoms with van der Waals surface area (Å²) in [5, 5.41) is 2.83. The van der Waals surface area contributed by atoms with Gasteiger partial charge in [-0.2, -0.15) is 0 Å². The van der Waals surface area contributed by atoms with Gasteiger partial charge in [-0.25, -0.2) is 4.39 Å². The summed E-state index contributed by atoms with van der Waals surface area (Å²) >= 11 is 0. The van der Waals surface area contributed by atoms with Crippen molar-refractivity contribution in [2.75, 3.05) is 19.8 Å². The van der Waals surface area contributed by atoms with Gasteiger partial charge in [0, 0.05) is 6.54 Å². The molecule has 126 valence electrons. The molecule has 1 aliphatic heterocycles. The summed E-state index contributed by atoms with van der Waals surface area (Å²) in [4.78, 5) is 11.8. The van der Waals surface area contributed by atoms with Gasteiger partial charge in [-0.15, -0.1) is 0 Å². The maximum atomic E-state index is 12.8. The van der Waals surface area contributed by atoms with E-state index in [0.717, 1.165) is 11.3 Å². The third-order valence-electron chi connectivity index (χ3n) is 3.51. The molecule has 24 heavy (non-hydrogen) atoms. The Kier molecular flexibility index (Phi) is 5.15. The highest BCUT2D eigenvalue weighted by Gasteiger charge is 2.12. The van der Waals surface area contributed by atoms with Crippen LogP contribution in [0.15, 0.2) is 42.5 Å². The van der Waals surface area contributed by atoms with Crippen LogP contribution in [0.4, 0.5) is 4.39 Å². The molecule has 1 amide bonds. The normalized spacial score (nSPS) is 12.5. The second-order valence-corrected chi connectivity index (χ2v) is 5.31. The lowest BCUT2D eigenvalue weighted by Crippen LogP contribution is -2.24. The zero-order valence-corrected chi connectivity index (χ0v) is 13.1. The van der Waals surface area contributed by atoms with Crippen LogP contribution in [0.1, 0.15) is 12.0 Å². The SMILES string of the molecule is O=C(CCOc1ccc(F)cc1)NCc1ccc2c(c1)OCCO2. The van der Waals surface area contributed by atoms with Gasteiger partial charge in [0.25, 0.3) is 0 Å². The molecule has 0 aromatic heterocycles. The highest BCUT2D eigenvalue weighted by molar-refractivity contribution is 5.76. The molecule has 1 heterocycles. The Morgan fingerprint density at radius 2 is 1.83 bits per heavy atom. The first-order valence-electron chi connectivity index (χ1n) is 7.74. The van der Waals surface area contributed by atoms with Gasteiger partial charge >= 0.3 is 0 Å². The Bertz CT molecular complexity index is 703. The minimum Gasteiger partial charge on any atom is -0.493 e. The van der Waals surface area contributed by atoms with Crippen molar-refractivity contribution in [3.05, 3.63) is 53.8 Å². The number of nitrogens with one attached hydrogen (secondary N) is 1. The molecule has 0 saturated carbocycles. The maximum absolute atomic E-state index is 12.8. The minimum atomic E-state index is -0.320. The molecule has 0 fully saturated rings. The average molecular weight is 331 g/mol. The van der Waals surface area contributed by atoms with Gasteiger partial charge in [-0.3, -0.25) is 4.79 Å². The van der Waals surface area contributed by atoms with Gasteiger partial charge in [0.1, 0.15) is 24.8 Å². The van der Waals surface area contributed by atoms with E-state index >= 15 is 0 Å². The van der Waals surface area contributed by atoms with Crippen LogP contribution in [0.2, 0.25) is 0 Å². The van der Waals surface area contributed by atoms with Gasteiger partial charge in [-0.1, -0.05) is 6.07 Å². The van der Waals surface area contributed by atoms with E-state index in [2.05, 4.69) is 5.32 Å². The molecule has 3 rings (SSSR count). The predicted octanol–water partition coefficient (Wildman–Crippen LogP) is 2.68. The van der Waals surface area contributed by atoms with Crippen LogP contribution in [0, 0.1) is 5.82 Å². The van der Waals surface area contributed by atoms with Crippen molar-refractivity contribution in [1.82, 2.24) is 5.32 Å². The van der Waals surface area contributed by atoms with Gasteiger partial charge in [-0.05, 0) is 42.0 Å². The van der Waals surface area contributed by atoms with Crippen LogP contribution in [-0.4, -0.2) is 25.7 Å². The second-order valence-electron chi connectivity index (χ2n) is 5.31. The monoisotopic (exact) mass is 331 g/mol. The summed E-state index contributed by atoms with van der Waals surface area (Å²) < 4.78 is 29.1. The Morgan fingerprint density at radius 1 is 1.08 bits per heavy atom. The molecule has 1 N–H and O–H groups in total. The lowest BCUT2D eigenvalue weighted by molar-refractivity contribution is -0.121. The first-order valence-corrected chi connectivity index (χ1v) is 7.74. The van der Waals surface area contributed by atoms with E-state index in [1.807, 2.05) is 18.2 Å². The molecule has 0 bridgehead atoms. The Labute approximate surface area is 139 Å². The zero-order valence-electron chi connectivity index (χ0n) is 13.1. The highest BCUT2D eigenvalue weighted by Crippen LogP contribution is 2.30. The Morgan fingerprint density at radius 3 is 2.62 bits per heavy atom. The van der Waals surface area contributed by atoms with Crippen LogP contribution in [0.5, 0.6) is 17.2 Å². The third-order valence-corrected chi connectivity index (χ3v) is 3.51. The van der Waals surface area contributed by atoms with Crippen molar-refractivity contribution < 1.29 is 23.4 Å². The summed E-state index contributed by atoms with van der Waals surface area (Å²) in [6.07, 6.45) is 0.224. The van der Waals surface area contributed by atoms with Crippen LogP contribution < -0.4 is 19.5 Å². The first-order chi connectivity index (χ1) is 11.7. The number of amides is 1. The fourth-order valence-corrected chi connectivity index (χ4v) is 2.28. The number of hydrogen-bond acceptors (Lipinski definition) is 4. The summed E-state index contributed by atoms with van der Waals surface area (Å²) in [5.41, 5.74) is 0.937. The van der Waals surface area contributed by atoms with Crippen molar-refractivity contribution in [3.63, 3.8) is 0 Å². The van der Waals surface area contributed by atoms with Crippen molar-refractivity contribution in [3.8, 4) is 17.2 Å². The van der Waals surface area contributed by atoms with Crippen LogP contribution >= 0.6 is 0 Å². The Hall–Kier alpha value is -2.76. The number of rotatable bonds is 6. The van der Waals surface area contributed by atoms with Gasteiger partial charge in [0.15, 0.2) is 11.5 Å². The van der Waals surface area contributed by atoms with Gasteiger partial charge in [0.05, 0.1) is 13.0 Å². The second kappa shape index (κ2) is 7.68. The van der Waals surface area contributed by atoms with E-state index < -0.39 is 0 Å². The molecule has 1 aliphatic rings. The lowest BCUT2D eigenvalue weighted by Gasteiger charge is -2.19. The highest BCUT2D eigenvalue weighted by atomic mass is 19.1. The molecule has 0 spiro atoms. The largest absolute Gasteiger partial charge is 0.493 e. The third kappa shape index (κ3) is 4.38. The number of carbonyl (C=O) groups excluding carboxylic acids is 1. The summed E-state index contributed by atoms with van der Waals surface area (Å²) in [6, 6.07) is 11.3. The molecule has 2 aromatic carbocycles. The molecule has 0 atom stereocenters. The number of benzene rings is 2. The fourth-order valence-electron chi connectivity index (χ4n) is 2.28. The standard InChI is InChI=1S/C18H18FNO4/c19-14-2-4-15(5-3-14)22-8-7-18(21)20-12-13-1-6-16-17(11-13)24-10-9-23-16/h1-6,11H,7-10,12H2,(H,20,21). The molecule has 0 aliphatic carbocycles. The van der Waals surface area contributed by atoms with Gasteiger partial charge in [0.2, 0.25) is 5.91 Å². The lowest BCUT2D eigenvalue weighted by atomic mass is 10.2. The maximum Gasteiger partial charge on any atom is 0.223 e. The van der Waals surface area contributed by atoms with Crippen molar-refractivity contribution >= 4 is 5.91 Å². The molecule has 0 saturated heterocycles. The number of hydrogen-bond donors (Lipinski definition) is 1. The number of carbonyl (C=O) groups is 1. The average Bonchev–Trinajstić information content (AvgIpc) is 2.61. The van der Waals surface area contributed by atoms with Gasteiger partial charge < -0.3 is 19.5 Å². The van der Waals surface area contributed by atoms with E-state index in [0.29, 0.717) is 31.3 Å². The smallest absolute Gasteiger partial charge is 0.223 e. The first kappa shape index (κ1) is 16.1. The van der Waals surface area contributed by atoms with E-state index in [9.17, 15) is 9.18 Å². The number of ether oxygens (including phenoxy) is 3. The minimum absolute atomic E-state index is 0.119. The summed E-state index contributed by atoms with van der Waals surface area (Å²) in [5.74, 6) is 1.53. The van der Waals surface area contributed by atoms with Crippen molar-refractivity contribution in [2.45, 2.75) is 13.0 Å². The molecule has 5 nitrogen and oxygen atoms in total. The topological polar surface area (TPSA) is 56.8 Å². The van der Waals surface area contributed by atoms with Crippen LogP contribution in [0.3, 0.4) is 0 Å². The van der Waals surface area contributed by atoms with E-state index in [1.165, 1.54) is 24.3 Å². The van der Waals surface area contributed by atoms with E-state index in [1.54, 1.807) is 0 Å². The van der Waals surface area contributed by atoms with Crippen LogP contribution in [-0.2, 0) is 11.3 Å². The Balaban J connectivity index is 1.41. The molecular weight excluding hydrogens is 313 g/mol.